The van der Waals surface area contributed by atoms with Crippen LogP contribution in [0.25, 0.3) is 0 Å². The molecule has 8 heteroatoms. The largest absolute Gasteiger partial charge is 0.403 e. The number of hydrogen-bond acceptors (Lipinski definition) is 5. The molecule has 1 spiro atoms. The highest BCUT2D eigenvalue weighted by Gasteiger charge is 2.53. The lowest BCUT2D eigenvalue weighted by atomic mass is 9.70. The second-order valence-corrected chi connectivity index (χ2v) is 6.57. The molecule has 3 aliphatic rings. The maximum Gasteiger partial charge on any atom is 0.322 e. The van der Waals surface area contributed by atoms with Gasteiger partial charge in [-0.05, 0) is 36.8 Å². The van der Waals surface area contributed by atoms with E-state index in [1.54, 1.807) is 18.5 Å². The molecule has 2 atom stereocenters. The molecule has 0 aromatic rings. The van der Waals surface area contributed by atoms with Crippen molar-refractivity contribution in [3.05, 3.63) is 46.7 Å². The zero-order valence-corrected chi connectivity index (χ0v) is 14.0. The highest BCUT2D eigenvalue weighted by molar-refractivity contribution is 6.31. The van der Waals surface area contributed by atoms with Crippen LogP contribution in [-0.2, 0) is 4.79 Å². The van der Waals surface area contributed by atoms with Crippen molar-refractivity contribution in [3.63, 3.8) is 0 Å². The van der Waals surface area contributed by atoms with Crippen molar-refractivity contribution in [2.75, 3.05) is 0 Å². The Bertz CT molecular complexity index is 709. The van der Waals surface area contributed by atoms with Gasteiger partial charge in [-0.3, -0.25) is 10.1 Å². The first-order chi connectivity index (χ1) is 11.5. The Hall–Kier alpha value is -2.41. The molecule has 0 radical (unpaired) electrons. The zero-order chi connectivity index (χ0) is 17.3. The SMILES string of the molecule is CC1CCC/C(=C\NC2=CC(Cl)=CN/C2=C\N)C12NC(=O)NC2=O. The van der Waals surface area contributed by atoms with Crippen molar-refractivity contribution < 1.29 is 9.59 Å². The topological polar surface area (TPSA) is 108 Å². The van der Waals surface area contributed by atoms with Crippen molar-refractivity contribution in [1.82, 2.24) is 21.3 Å². The number of urea groups is 1. The van der Waals surface area contributed by atoms with E-state index in [2.05, 4.69) is 21.3 Å². The van der Waals surface area contributed by atoms with Gasteiger partial charge in [-0.1, -0.05) is 18.5 Å². The Kier molecular flexibility index (Phi) is 4.28. The van der Waals surface area contributed by atoms with Gasteiger partial charge in [0.15, 0.2) is 0 Å². The van der Waals surface area contributed by atoms with Gasteiger partial charge < -0.3 is 21.7 Å². The standard InChI is InChI=1S/C16H20ClN5O2/c1-9-3-2-4-10(16(9)14(23)21-15(24)22-16)7-19-12-5-11(17)8-20-13(12)6-18/h5-9,19-20H,2-4,18H2,1H3,(H2,21,22,23,24)/b10-7+,13-6-. The summed E-state index contributed by atoms with van der Waals surface area (Å²) in [5.41, 5.74) is 6.82. The molecule has 2 fully saturated rings. The van der Waals surface area contributed by atoms with E-state index in [4.69, 9.17) is 17.3 Å². The summed E-state index contributed by atoms with van der Waals surface area (Å²) in [7, 11) is 0. The van der Waals surface area contributed by atoms with Gasteiger partial charge in [0.2, 0.25) is 0 Å². The lowest BCUT2D eigenvalue weighted by Gasteiger charge is -2.39. The monoisotopic (exact) mass is 349 g/mol. The van der Waals surface area contributed by atoms with Gasteiger partial charge in [-0.15, -0.1) is 0 Å². The number of dihydropyridines is 1. The van der Waals surface area contributed by atoms with Crippen LogP contribution < -0.4 is 27.0 Å². The number of nitrogens with two attached hydrogens (primary N) is 1. The summed E-state index contributed by atoms with van der Waals surface area (Å²) in [5, 5.41) is 11.8. The Morgan fingerprint density at radius 3 is 2.92 bits per heavy atom. The first-order valence-electron chi connectivity index (χ1n) is 7.83. The van der Waals surface area contributed by atoms with Crippen molar-refractivity contribution in [2.24, 2.45) is 11.7 Å². The van der Waals surface area contributed by atoms with Gasteiger partial charge in [0.05, 0.1) is 16.4 Å². The number of carbonyl (C=O) groups excluding carboxylic acids is 2. The normalized spacial score (nSPS) is 33.0. The van der Waals surface area contributed by atoms with E-state index in [1.165, 1.54) is 6.20 Å². The van der Waals surface area contributed by atoms with Gasteiger partial charge >= 0.3 is 6.03 Å². The summed E-state index contributed by atoms with van der Waals surface area (Å²) in [5.74, 6) is -0.284. The van der Waals surface area contributed by atoms with Gasteiger partial charge in [-0.2, -0.15) is 0 Å². The highest BCUT2D eigenvalue weighted by atomic mass is 35.5. The third kappa shape index (κ3) is 2.65. The molecule has 24 heavy (non-hydrogen) atoms. The smallest absolute Gasteiger partial charge is 0.322 e. The lowest BCUT2D eigenvalue weighted by molar-refractivity contribution is -0.124. The minimum Gasteiger partial charge on any atom is -0.403 e. The van der Waals surface area contributed by atoms with Crippen LogP contribution in [0.15, 0.2) is 46.7 Å². The third-order valence-corrected chi connectivity index (χ3v) is 4.95. The van der Waals surface area contributed by atoms with Crippen molar-refractivity contribution >= 4 is 23.5 Å². The highest BCUT2D eigenvalue weighted by Crippen LogP contribution is 2.39. The quantitative estimate of drug-likeness (QED) is 0.482. The van der Waals surface area contributed by atoms with Gasteiger partial charge in [-0.25, -0.2) is 4.79 Å². The molecule has 1 aliphatic carbocycles. The summed E-state index contributed by atoms with van der Waals surface area (Å²) in [4.78, 5) is 24.2. The number of nitrogens with one attached hydrogen (secondary N) is 4. The average molecular weight is 350 g/mol. The molecule has 7 nitrogen and oxygen atoms in total. The van der Waals surface area contributed by atoms with E-state index < -0.39 is 11.6 Å². The molecule has 0 aromatic heterocycles. The minimum atomic E-state index is -0.989. The molecule has 1 saturated carbocycles. The summed E-state index contributed by atoms with van der Waals surface area (Å²) in [6, 6.07) is -0.452. The van der Waals surface area contributed by atoms with E-state index in [0.29, 0.717) is 16.4 Å². The Labute approximate surface area is 145 Å². The fourth-order valence-electron chi connectivity index (χ4n) is 3.46. The van der Waals surface area contributed by atoms with Crippen LogP contribution in [0.1, 0.15) is 26.2 Å². The van der Waals surface area contributed by atoms with E-state index >= 15 is 0 Å². The first kappa shape index (κ1) is 16.4. The minimum absolute atomic E-state index is 0.0113. The molecule has 2 aliphatic heterocycles. The van der Waals surface area contributed by atoms with Gasteiger partial charge in [0, 0.05) is 18.6 Å². The third-order valence-electron chi connectivity index (χ3n) is 4.73. The summed E-state index contributed by atoms with van der Waals surface area (Å²) >= 11 is 6.01. The molecule has 2 heterocycles. The second kappa shape index (κ2) is 6.24. The fourth-order valence-corrected chi connectivity index (χ4v) is 3.62. The van der Waals surface area contributed by atoms with Crippen LogP contribution in [0.4, 0.5) is 4.79 Å². The molecule has 6 N–H and O–H groups in total. The predicted molar refractivity (Wildman–Crippen MR) is 91.1 cm³/mol. The van der Waals surface area contributed by atoms with Crippen LogP contribution >= 0.6 is 11.6 Å². The number of carbonyl (C=O) groups is 2. The van der Waals surface area contributed by atoms with Gasteiger partial charge in [0.25, 0.3) is 5.91 Å². The van der Waals surface area contributed by atoms with Crippen molar-refractivity contribution in [2.45, 2.75) is 31.7 Å². The summed E-state index contributed by atoms with van der Waals surface area (Å²) < 4.78 is 0. The molecular weight excluding hydrogens is 330 g/mol. The second-order valence-electron chi connectivity index (χ2n) is 6.14. The van der Waals surface area contributed by atoms with Crippen molar-refractivity contribution in [3.8, 4) is 0 Å². The van der Waals surface area contributed by atoms with E-state index in [-0.39, 0.29) is 11.8 Å². The summed E-state index contributed by atoms with van der Waals surface area (Å²) in [6.45, 7) is 1.98. The van der Waals surface area contributed by atoms with Crippen LogP contribution in [0.2, 0.25) is 0 Å². The number of imide groups is 1. The lowest BCUT2D eigenvalue weighted by Crippen LogP contribution is -2.55. The van der Waals surface area contributed by atoms with Crippen LogP contribution in [-0.4, -0.2) is 17.5 Å². The molecular formula is C16H20ClN5O2. The average Bonchev–Trinajstić information content (AvgIpc) is 2.84. The van der Waals surface area contributed by atoms with Crippen LogP contribution in [0.3, 0.4) is 0 Å². The number of hydrogen-bond donors (Lipinski definition) is 5. The molecule has 0 aromatic carbocycles. The fraction of sp³-hybridized carbons (Fsp3) is 0.375. The summed E-state index contributed by atoms with van der Waals surface area (Å²) in [6.07, 6.45) is 9.12. The molecule has 1 saturated heterocycles. The van der Waals surface area contributed by atoms with E-state index in [1.807, 2.05) is 6.92 Å². The molecule has 3 amide bonds. The molecule has 3 rings (SSSR count). The number of rotatable bonds is 2. The maximum atomic E-state index is 12.5. The Balaban J connectivity index is 1.92. The number of allylic oxidation sites excluding steroid dienone is 2. The number of amides is 3. The molecule has 128 valence electrons. The Morgan fingerprint density at radius 2 is 2.25 bits per heavy atom. The molecule has 0 bridgehead atoms. The number of halogens is 1. The van der Waals surface area contributed by atoms with E-state index in [9.17, 15) is 9.59 Å². The van der Waals surface area contributed by atoms with Crippen LogP contribution in [0, 0.1) is 5.92 Å². The van der Waals surface area contributed by atoms with Crippen molar-refractivity contribution in [1.29, 1.82) is 0 Å². The van der Waals surface area contributed by atoms with Gasteiger partial charge in [0.1, 0.15) is 5.54 Å². The predicted octanol–water partition coefficient (Wildman–Crippen LogP) is 1.23. The van der Waals surface area contributed by atoms with Crippen LogP contribution in [0.5, 0.6) is 0 Å². The Morgan fingerprint density at radius 1 is 1.46 bits per heavy atom. The van der Waals surface area contributed by atoms with E-state index in [0.717, 1.165) is 24.8 Å². The maximum absolute atomic E-state index is 12.5. The molecule has 2 unspecified atom stereocenters. The zero-order valence-electron chi connectivity index (χ0n) is 13.3. The first-order valence-corrected chi connectivity index (χ1v) is 8.21.